The number of carbonyl (C=O) groups is 1. The molecule has 100 valence electrons. The summed E-state index contributed by atoms with van der Waals surface area (Å²) in [5.41, 5.74) is 1.28. The minimum Gasteiger partial charge on any atom is -0.310 e. The van der Waals surface area contributed by atoms with Crippen molar-refractivity contribution in [3.05, 3.63) is 24.4 Å². The maximum absolute atomic E-state index is 13.0. The Morgan fingerprint density at radius 2 is 2.21 bits per heavy atom. The van der Waals surface area contributed by atoms with Gasteiger partial charge in [0, 0.05) is 18.4 Å². The maximum Gasteiger partial charge on any atom is 0.307 e. The summed E-state index contributed by atoms with van der Waals surface area (Å²) in [7, 11) is -4.70. The van der Waals surface area contributed by atoms with E-state index in [1.54, 1.807) is 24.4 Å². The van der Waals surface area contributed by atoms with Gasteiger partial charge in [0.05, 0.1) is 17.4 Å². The molecule has 1 aliphatic heterocycles. The Morgan fingerprint density at radius 1 is 1.42 bits per heavy atom. The van der Waals surface area contributed by atoms with Crippen molar-refractivity contribution in [3.63, 3.8) is 0 Å². The standard InChI is InChI=1S/C11H10FN3O3S/c12-19(17,18)7-4-11(16)15(6-7)10-3-1-2-9-8(10)5-13-14-9/h1-3,5,7H,4,6H2,(H,13,14). The van der Waals surface area contributed by atoms with Gasteiger partial charge in [-0.2, -0.15) is 13.5 Å². The van der Waals surface area contributed by atoms with E-state index in [0.29, 0.717) is 11.1 Å². The van der Waals surface area contributed by atoms with Crippen molar-refractivity contribution in [1.82, 2.24) is 10.2 Å². The van der Waals surface area contributed by atoms with Crippen molar-refractivity contribution in [1.29, 1.82) is 0 Å². The molecule has 0 radical (unpaired) electrons. The number of benzene rings is 1. The van der Waals surface area contributed by atoms with Gasteiger partial charge < -0.3 is 4.90 Å². The van der Waals surface area contributed by atoms with Crippen molar-refractivity contribution in [2.75, 3.05) is 11.4 Å². The number of halogens is 1. The molecule has 1 aliphatic rings. The van der Waals surface area contributed by atoms with E-state index in [0.717, 1.165) is 5.52 Å². The van der Waals surface area contributed by atoms with Crippen LogP contribution in [-0.4, -0.2) is 36.3 Å². The van der Waals surface area contributed by atoms with E-state index in [9.17, 15) is 17.1 Å². The minimum absolute atomic E-state index is 0.165. The van der Waals surface area contributed by atoms with E-state index >= 15 is 0 Å². The van der Waals surface area contributed by atoms with Gasteiger partial charge in [-0.15, -0.1) is 3.89 Å². The number of carbonyl (C=O) groups excluding carboxylic acids is 1. The zero-order valence-corrected chi connectivity index (χ0v) is 10.5. The fourth-order valence-corrected chi connectivity index (χ4v) is 2.95. The Kier molecular flexibility index (Phi) is 2.56. The number of aromatic amines is 1. The fourth-order valence-electron chi connectivity index (χ4n) is 2.28. The van der Waals surface area contributed by atoms with Gasteiger partial charge in [-0.3, -0.25) is 9.89 Å². The molecule has 1 N–H and O–H groups in total. The number of fused-ring (bicyclic) bond motifs is 1. The normalized spacial score (nSPS) is 20.4. The first-order valence-corrected chi connectivity index (χ1v) is 7.07. The smallest absolute Gasteiger partial charge is 0.307 e. The average Bonchev–Trinajstić information content (AvgIpc) is 2.93. The molecule has 1 fully saturated rings. The lowest BCUT2D eigenvalue weighted by atomic mass is 10.2. The molecule has 0 saturated carbocycles. The van der Waals surface area contributed by atoms with Crippen molar-refractivity contribution < 1.29 is 17.1 Å². The van der Waals surface area contributed by atoms with Crippen LogP contribution in [0.4, 0.5) is 9.57 Å². The monoisotopic (exact) mass is 283 g/mol. The first kappa shape index (κ1) is 12.1. The molecular formula is C11H10FN3O3S. The molecule has 19 heavy (non-hydrogen) atoms. The van der Waals surface area contributed by atoms with Crippen LogP contribution in [0, 0.1) is 0 Å². The molecule has 0 aliphatic carbocycles. The van der Waals surface area contributed by atoms with Gasteiger partial charge in [-0.05, 0) is 12.1 Å². The number of hydrogen-bond acceptors (Lipinski definition) is 4. The quantitative estimate of drug-likeness (QED) is 0.832. The summed E-state index contributed by atoms with van der Waals surface area (Å²) in [6, 6.07) is 5.19. The highest BCUT2D eigenvalue weighted by atomic mass is 32.3. The molecule has 1 atom stereocenters. The second kappa shape index (κ2) is 4.02. The second-order valence-corrected chi connectivity index (χ2v) is 6.03. The number of nitrogens with one attached hydrogen (secondary N) is 1. The number of anilines is 1. The van der Waals surface area contributed by atoms with Crippen LogP contribution in [0.1, 0.15) is 6.42 Å². The third kappa shape index (κ3) is 1.97. The summed E-state index contributed by atoms with van der Waals surface area (Å²) >= 11 is 0. The Hall–Kier alpha value is -1.96. The van der Waals surface area contributed by atoms with E-state index in [2.05, 4.69) is 10.2 Å². The van der Waals surface area contributed by atoms with Gasteiger partial charge in [0.1, 0.15) is 5.25 Å². The number of rotatable bonds is 2. The van der Waals surface area contributed by atoms with Crippen molar-refractivity contribution >= 4 is 32.7 Å². The van der Waals surface area contributed by atoms with Gasteiger partial charge in [0.15, 0.2) is 0 Å². The van der Waals surface area contributed by atoms with Crippen LogP contribution < -0.4 is 4.90 Å². The molecule has 1 aromatic heterocycles. The number of amides is 1. The molecular weight excluding hydrogens is 273 g/mol. The van der Waals surface area contributed by atoms with Crippen LogP contribution in [0.2, 0.25) is 0 Å². The summed E-state index contributed by atoms with van der Waals surface area (Å²) in [5, 5.41) is 6.04. The van der Waals surface area contributed by atoms with Crippen molar-refractivity contribution in [2.45, 2.75) is 11.7 Å². The first-order valence-electron chi connectivity index (χ1n) is 5.63. The molecule has 0 bridgehead atoms. The zero-order chi connectivity index (χ0) is 13.6. The van der Waals surface area contributed by atoms with Gasteiger partial charge in [0.2, 0.25) is 5.91 Å². The number of nitrogens with zero attached hydrogens (tertiary/aromatic N) is 2. The molecule has 2 aromatic rings. The topological polar surface area (TPSA) is 83.1 Å². The number of hydrogen-bond donors (Lipinski definition) is 1. The molecule has 8 heteroatoms. The molecule has 3 rings (SSSR count). The van der Waals surface area contributed by atoms with Crippen LogP contribution in [0.25, 0.3) is 10.9 Å². The molecule has 2 heterocycles. The zero-order valence-electron chi connectivity index (χ0n) is 9.71. The van der Waals surface area contributed by atoms with Crippen molar-refractivity contribution in [2.24, 2.45) is 0 Å². The van der Waals surface area contributed by atoms with Crippen molar-refractivity contribution in [3.8, 4) is 0 Å². The molecule has 6 nitrogen and oxygen atoms in total. The van der Waals surface area contributed by atoms with Crippen LogP contribution in [0.5, 0.6) is 0 Å². The lowest BCUT2D eigenvalue weighted by Gasteiger charge is -2.16. The predicted octanol–water partition coefficient (Wildman–Crippen LogP) is 0.968. The summed E-state index contributed by atoms with van der Waals surface area (Å²) < 4.78 is 34.8. The third-order valence-corrected chi connectivity index (χ3v) is 4.35. The van der Waals surface area contributed by atoms with Gasteiger partial charge in [-0.1, -0.05) is 6.07 Å². The Labute approximate surface area is 108 Å². The highest BCUT2D eigenvalue weighted by molar-refractivity contribution is 7.87. The van der Waals surface area contributed by atoms with Crippen LogP contribution >= 0.6 is 0 Å². The van der Waals surface area contributed by atoms with Crippen LogP contribution in [-0.2, 0) is 15.0 Å². The lowest BCUT2D eigenvalue weighted by molar-refractivity contribution is -0.117. The average molecular weight is 283 g/mol. The molecule has 1 aromatic carbocycles. The number of aromatic nitrogens is 2. The SMILES string of the molecule is O=C1CC(S(=O)(=O)F)CN1c1cccc2[nH]ncc12. The third-order valence-electron chi connectivity index (χ3n) is 3.24. The summed E-state index contributed by atoms with van der Waals surface area (Å²) in [5.74, 6) is -0.403. The van der Waals surface area contributed by atoms with Gasteiger partial charge in [0.25, 0.3) is 0 Å². The summed E-state index contributed by atoms with van der Waals surface area (Å²) in [6.45, 7) is -0.165. The predicted molar refractivity (Wildman–Crippen MR) is 66.9 cm³/mol. The molecule has 0 spiro atoms. The van der Waals surface area contributed by atoms with Gasteiger partial charge in [-0.25, -0.2) is 0 Å². The van der Waals surface area contributed by atoms with Crippen LogP contribution in [0.15, 0.2) is 24.4 Å². The van der Waals surface area contributed by atoms with E-state index in [-0.39, 0.29) is 13.0 Å². The Morgan fingerprint density at radius 3 is 2.89 bits per heavy atom. The summed E-state index contributed by atoms with van der Waals surface area (Å²) in [4.78, 5) is 13.2. The molecule has 1 unspecified atom stereocenters. The highest BCUT2D eigenvalue weighted by Gasteiger charge is 2.39. The van der Waals surface area contributed by atoms with E-state index in [1.807, 2.05) is 0 Å². The Balaban J connectivity index is 2.04. The summed E-state index contributed by atoms with van der Waals surface area (Å²) in [6.07, 6.45) is 1.22. The largest absolute Gasteiger partial charge is 0.310 e. The fraction of sp³-hybridized carbons (Fsp3) is 0.273. The van der Waals surface area contributed by atoms with Crippen LogP contribution in [0.3, 0.4) is 0 Å². The lowest BCUT2D eigenvalue weighted by Crippen LogP contribution is -2.27. The highest BCUT2D eigenvalue weighted by Crippen LogP contribution is 2.30. The first-order chi connectivity index (χ1) is 8.97. The number of H-pyrrole nitrogens is 1. The Bertz CT molecular complexity index is 755. The second-order valence-electron chi connectivity index (χ2n) is 4.41. The molecule has 1 amide bonds. The van der Waals surface area contributed by atoms with E-state index in [1.165, 1.54) is 4.90 Å². The maximum atomic E-state index is 13.0. The molecule has 1 saturated heterocycles. The van der Waals surface area contributed by atoms with Gasteiger partial charge >= 0.3 is 10.2 Å². The van der Waals surface area contributed by atoms with E-state index in [4.69, 9.17) is 0 Å². The van der Waals surface area contributed by atoms with E-state index < -0.39 is 21.4 Å². The minimum atomic E-state index is -4.70.